The van der Waals surface area contributed by atoms with Crippen LogP contribution in [0.3, 0.4) is 0 Å². The molecule has 0 N–H and O–H groups in total. The van der Waals surface area contributed by atoms with E-state index in [1.807, 2.05) is 35.0 Å². The molecule has 0 spiro atoms. The molecule has 23 heavy (non-hydrogen) atoms. The number of thioether (sulfide) groups is 1. The Labute approximate surface area is 141 Å². The molecule has 0 aliphatic carbocycles. The molecular formula is C15H14N4O2S2. The monoisotopic (exact) mass is 346 g/mol. The first-order valence-electron chi connectivity index (χ1n) is 7.18. The molecule has 3 heterocycles. The van der Waals surface area contributed by atoms with Gasteiger partial charge in [0, 0.05) is 10.6 Å². The summed E-state index contributed by atoms with van der Waals surface area (Å²) < 4.78 is 13.5. The van der Waals surface area contributed by atoms with E-state index in [1.54, 1.807) is 23.1 Å². The minimum atomic E-state index is -0.0122. The van der Waals surface area contributed by atoms with Gasteiger partial charge in [-0.15, -0.1) is 16.4 Å². The summed E-state index contributed by atoms with van der Waals surface area (Å²) in [5.41, 5.74) is 0. The summed E-state index contributed by atoms with van der Waals surface area (Å²) >= 11 is 3.28. The minimum absolute atomic E-state index is 0.0122. The summed E-state index contributed by atoms with van der Waals surface area (Å²) in [7, 11) is 0. The van der Waals surface area contributed by atoms with Crippen LogP contribution in [-0.4, -0.2) is 38.7 Å². The summed E-state index contributed by atoms with van der Waals surface area (Å²) in [4.78, 5) is 1.23. The largest absolute Gasteiger partial charge is 0.486 e. The number of rotatable bonds is 5. The highest BCUT2D eigenvalue weighted by Crippen LogP contribution is 2.32. The van der Waals surface area contributed by atoms with E-state index in [4.69, 9.17) is 9.47 Å². The van der Waals surface area contributed by atoms with Gasteiger partial charge >= 0.3 is 0 Å². The van der Waals surface area contributed by atoms with Crippen LogP contribution in [0.15, 0.2) is 46.9 Å². The molecule has 1 aliphatic rings. The van der Waals surface area contributed by atoms with Gasteiger partial charge < -0.3 is 9.47 Å². The van der Waals surface area contributed by atoms with Crippen LogP contribution in [0.2, 0.25) is 0 Å². The second kappa shape index (κ2) is 6.59. The Morgan fingerprint density at radius 1 is 1.22 bits per heavy atom. The van der Waals surface area contributed by atoms with Crippen LogP contribution in [0.25, 0.3) is 0 Å². The highest BCUT2D eigenvalue weighted by molar-refractivity contribution is 7.99. The van der Waals surface area contributed by atoms with Gasteiger partial charge in [0.05, 0.1) is 6.54 Å². The lowest BCUT2D eigenvalue weighted by molar-refractivity contribution is 0.107. The van der Waals surface area contributed by atoms with Crippen LogP contribution in [0.4, 0.5) is 0 Å². The minimum Gasteiger partial charge on any atom is -0.486 e. The van der Waals surface area contributed by atoms with E-state index in [1.165, 1.54) is 4.88 Å². The maximum absolute atomic E-state index is 5.95. The third-order valence-electron chi connectivity index (χ3n) is 3.35. The molecule has 0 saturated carbocycles. The predicted octanol–water partition coefficient (Wildman–Crippen LogP) is 2.72. The average Bonchev–Trinajstić information content (AvgIpc) is 3.25. The van der Waals surface area contributed by atoms with E-state index >= 15 is 0 Å². The number of nitrogens with zero attached hydrogens (tertiary/aromatic N) is 4. The lowest BCUT2D eigenvalue weighted by atomic mass is 10.3. The van der Waals surface area contributed by atoms with Crippen molar-refractivity contribution < 1.29 is 9.47 Å². The number of para-hydroxylation sites is 2. The molecule has 8 heteroatoms. The van der Waals surface area contributed by atoms with Gasteiger partial charge in [-0.05, 0) is 34.0 Å². The fraction of sp³-hybridized carbons (Fsp3) is 0.267. The molecule has 0 saturated heterocycles. The number of hydrogen-bond acceptors (Lipinski definition) is 7. The van der Waals surface area contributed by atoms with Crippen LogP contribution < -0.4 is 9.47 Å². The van der Waals surface area contributed by atoms with Crippen LogP contribution >= 0.6 is 23.1 Å². The van der Waals surface area contributed by atoms with Crippen molar-refractivity contribution in [3.05, 3.63) is 46.7 Å². The first-order valence-corrected chi connectivity index (χ1v) is 9.05. The number of hydrogen-bond donors (Lipinski definition) is 0. The van der Waals surface area contributed by atoms with Crippen molar-refractivity contribution in [1.29, 1.82) is 0 Å². The molecule has 3 aromatic rings. The van der Waals surface area contributed by atoms with Crippen molar-refractivity contribution >= 4 is 23.1 Å². The zero-order valence-electron chi connectivity index (χ0n) is 12.2. The molecule has 0 radical (unpaired) electrons. The summed E-state index contributed by atoms with van der Waals surface area (Å²) in [6.45, 7) is 1.23. The van der Waals surface area contributed by atoms with E-state index in [9.17, 15) is 0 Å². The summed E-state index contributed by atoms with van der Waals surface area (Å²) in [6, 6.07) is 11.8. The molecule has 0 fully saturated rings. The molecule has 0 bridgehead atoms. The smallest absolute Gasteiger partial charge is 0.209 e. The van der Waals surface area contributed by atoms with Gasteiger partial charge in [0.2, 0.25) is 5.16 Å². The second-order valence-electron chi connectivity index (χ2n) is 5.01. The summed E-state index contributed by atoms with van der Waals surface area (Å²) in [5.74, 6) is 2.33. The molecule has 1 atom stereocenters. The van der Waals surface area contributed by atoms with Crippen molar-refractivity contribution in [1.82, 2.24) is 20.2 Å². The molecule has 118 valence electrons. The Morgan fingerprint density at radius 2 is 2.13 bits per heavy atom. The number of aromatic nitrogens is 4. The maximum Gasteiger partial charge on any atom is 0.209 e. The third-order valence-corrected chi connectivity index (χ3v) is 5.30. The van der Waals surface area contributed by atoms with Gasteiger partial charge in [0.15, 0.2) is 11.5 Å². The van der Waals surface area contributed by atoms with Gasteiger partial charge in [0.25, 0.3) is 0 Å². The molecule has 1 aromatic carbocycles. The normalized spacial score (nSPS) is 16.4. The van der Waals surface area contributed by atoms with Crippen molar-refractivity contribution in [2.75, 3.05) is 12.4 Å². The van der Waals surface area contributed by atoms with E-state index in [0.29, 0.717) is 13.2 Å². The predicted molar refractivity (Wildman–Crippen MR) is 88.3 cm³/mol. The first-order chi connectivity index (χ1) is 11.4. The van der Waals surface area contributed by atoms with E-state index in [-0.39, 0.29) is 6.10 Å². The van der Waals surface area contributed by atoms with Gasteiger partial charge in [-0.3, -0.25) is 0 Å². The van der Waals surface area contributed by atoms with Crippen molar-refractivity contribution in [2.24, 2.45) is 0 Å². The first kappa shape index (κ1) is 14.5. The number of tetrazole rings is 1. The number of fused-ring (bicyclic) bond motifs is 1. The standard InChI is InChI=1S/C15H14N4O2S2/c1-2-6-14-13(5-1)20-9-11(21-14)10-23-15-16-17-18-19(15)8-12-4-3-7-22-12/h1-7,11H,8-10H2. The Hall–Kier alpha value is -2.06. The Morgan fingerprint density at radius 3 is 3.00 bits per heavy atom. The van der Waals surface area contributed by atoms with E-state index in [0.717, 1.165) is 22.4 Å². The molecular weight excluding hydrogens is 332 g/mol. The Kier molecular flexibility index (Phi) is 4.16. The fourth-order valence-electron chi connectivity index (χ4n) is 2.26. The summed E-state index contributed by atoms with van der Waals surface area (Å²) in [5, 5.41) is 14.8. The van der Waals surface area contributed by atoms with Gasteiger partial charge in [-0.25, -0.2) is 4.68 Å². The van der Waals surface area contributed by atoms with Crippen LogP contribution in [0.5, 0.6) is 11.5 Å². The number of ether oxygens (including phenoxy) is 2. The number of thiophene rings is 1. The highest BCUT2D eigenvalue weighted by atomic mass is 32.2. The Balaban J connectivity index is 1.38. The van der Waals surface area contributed by atoms with Crippen LogP contribution in [0, 0.1) is 0 Å². The Bertz CT molecular complexity index is 775. The zero-order valence-corrected chi connectivity index (χ0v) is 13.8. The number of benzene rings is 1. The van der Waals surface area contributed by atoms with E-state index in [2.05, 4.69) is 27.0 Å². The lowest BCUT2D eigenvalue weighted by Crippen LogP contribution is -2.31. The summed E-state index contributed by atoms with van der Waals surface area (Å²) in [6.07, 6.45) is -0.0122. The quantitative estimate of drug-likeness (QED) is 0.662. The van der Waals surface area contributed by atoms with E-state index < -0.39 is 0 Å². The molecule has 4 rings (SSSR count). The van der Waals surface area contributed by atoms with Crippen LogP contribution in [0.1, 0.15) is 4.88 Å². The molecule has 1 aliphatic heterocycles. The van der Waals surface area contributed by atoms with Gasteiger partial charge in [0.1, 0.15) is 12.7 Å². The topological polar surface area (TPSA) is 62.1 Å². The van der Waals surface area contributed by atoms with Gasteiger partial charge in [-0.1, -0.05) is 30.0 Å². The highest BCUT2D eigenvalue weighted by Gasteiger charge is 2.21. The lowest BCUT2D eigenvalue weighted by Gasteiger charge is -2.25. The van der Waals surface area contributed by atoms with Crippen LogP contribution in [-0.2, 0) is 6.54 Å². The molecule has 1 unspecified atom stereocenters. The molecule has 6 nitrogen and oxygen atoms in total. The van der Waals surface area contributed by atoms with Crippen molar-refractivity contribution in [3.63, 3.8) is 0 Å². The molecule has 2 aromatic heterocycles. The SMILES string of the molecule is c1csc(Cn2nnnc2SCC2COc3ccccc3O2)c1. The fourth-order valence-corrected chi connectivity index (χ4v) is 3.79. The van der Waals surface area contributed by atoms with Gasteiger partial charge in [-0.2, -0.15) is 0 Å². The molecule has 0 amide bonds. The van der Waals surface area contributed by atoms with Crippen molar-refractivity contribution in [3.8, 4) is 11.5 Å². The average molecular weight is 346 g/mol. The zero-order chi connectivity index (χ0) is 15.5. The maximum atomic E-state index is 5.95. The van der Waals surface area contributed by atoms with Crippen molar-refractivity contribution in [2.45, 2.75) is 17.8 Å². The second-order valence-corrected chi connectivity index (χ2v) is 7.03. The third kappa shape index (κ3) is 3.32.